The minimum absolute atomic E-state index is 0.359. The molecule has 0 spiro atoms. The number of hydrogen-bond donors (Lipinski definition) is 0. The van der Waals surface area contributed by atoms with E-state index in [9.17, 15) is 4.39 Å². The van der Waals surface area contributed by atoms with E-state index in [1.807, 2.05) is 24.3 Å². The van der Waals surface area contributed by atoms with Gasteiger partial charge in [-0.1, -0.05) is 60.1 Å². The summed E-state index contributed by atoms with van der Waals surface area (Å²) < 4.78 is 13.9. The number of fused-ring (bicyclic) bond motifs is 1. The molecule has 3 heteroatoms. The highest BCUT2D eigenvalue weighted by molar-refractivity contribution is 6.30. The van der Waals surface area contributed by atoms with Gasteiger partial charge in [-0.3, -0.25) is 0 Å². The third kappa shape index (κ3) is 3.04. The molecular weight excluding hydrogens is 306 g/mol. The Bertz CT molecular complexity index is 778. The molecule has 21 heavy (non-hydrogen) atoms. The first-order valence-corrected chi connectivity index (χ1v) is 7.52. The Morgan fingerprint density at radius 3 is 2.52 bits per heavy atom. The van der Waals surface area contributed by atoms with Gasteiger partial charge in [0.2, 0.25) is 0 Å². The summed E-state index contributed by atoms with van der Waals surface area (Å²) >= 11 is 12.2. The van der Waals surface area contributed by atoms with Crippen molar-refractivity contribution in [3.8, 4) is 0 Å². The summed E-state index contributed by atoms with van der Waals surface area (Å²) in [6.07, 6.45) is 0.571. The molecule has 0 aliphatic carbocycles. The molecule has 0 saturated heterocycles. The molecule has 0 bridgehead atoms. The van der Waals surface area contributed by atoms with E-state index in [-0.39, 0.29) is 5.82 Å². The first-order valence-electron chi connectivity index (χ1n) is 6.71. The average Bonchev–Trinajstić information content (AvgIpc) is 2.47. The Balaban J connectivity index is 1.94. The quantitative estimate of drug-likeness (QED) is 0.508. The highest BCUT2D eigenvalue weighted by Crippen LogP contribution is 2.31. The smallest absolute Gasteiger partial charge is 0.129 e. The Labute approximate surface area is 133 Å². The van der Waals surface area contributed by atoms with Gasteiger partial charge < -0.3 is 0 Å². The van der Waals surface area contributed by atoms with Gasteiger partial charge in [0.05, 0.1) is 5.38 Å². The van der Waals surface area contributed by atoms with Crippen LogP contribution in [0.3, 0.4) is 0 Å². The monoisotopic (exact) mass is 318 g/mol. The van der Waals surface area contributed by atoms with Crippen molar-refractivity contribution >= 4 is 34.0 Å². The second-order valence-electron chi connectivity index (χ2n) is 4.98. The Morgan fingerprint density at radius 1 is 0.952 bits per heavy atom. The van der Waals surface area contributed by atoms with Gasteiger partial charge in [-0.25, -0.2) is 4.39 Å². The molecule has 0 nitrogen and oxygen atoms in total. The van der Waals surface area contributed by atoms with E-state index in [0.29, 0.717) is 17.0 Å². The van der Waals surface area contributed by atoms with E-state index in [1.165, 1.54) is 6.07 Å². The van der Waals surface area contributed by atoms with Gasteiger partial charge in [-0.05, 0) is 34.9 Å². The zero-order chi connectivity index (χ0) is 14.8. The second kappa shape index (κ2) is 6.05. The lowest BCUT2D eigenvalue weighted by Crippen LogP contribution is -1.99. The number of rotatable bonds is 3. The first-order chi connectivity index (χ1) is 10.1. The van der Waals surface area contributed by atoms with Crippen LogP contribution in [0.15, 0.2) is 60.7 Å². The van der Waals surface area contributed by atoms with Crippen molar-refractivity contribution in [3.63, 3.8) is 0 Å². The molecule has 0 N–H and O–H groups in total. The predicted molar refractivity (Wildman–Crippen MR) is 87.7 cm³/mol. The third-order valence-electron chi connectivity index (χ3n) is 3.58. The number of halogens is 3. The minimum atomic E-state index is -0.423. The van der Waals surface area contributed by atoms with Crippen LogP contribution in [0.5, 0.6) is 0 Å². The zero-order valence-corrected chi connectivity index (χ0v) is 12.7. The Kier molecular flexibility index (Phi) is 4.14. The van der Waals surface area contributed by atoms with Crippen molar-refractivity contribution in [2.24, 2.45) is 0 Å². The molecule has 0 amide bonds. The van der Waals surface area contributed by atoms with Crippen molar-refractivity contribution in [2.45, 2.75) is 11.8 Å². The van der Waals surface area contributed by atoms with Crippen LogP contribution in [0.25, 0.3) is 10.8 Å². The molecule has 0 aromatic heterocycles. The number of alkyl halides is 1. The number of benzene rings is 3. The maximum absolute atomic E-state index is 13.9. The van der Waals surface area contributed by atoms with E-state index < -0.39 is 5.38 Å². The molecule has 106 valence electrons. The van der Waals surface area contributed by atoms with Crippen LogP contribution in [0.4, 0.5) is 4.39 Å². The fourth-order valence-corrected chi connectivity index (χ4v) is 3.03. The van der Waals surface area contributed by atoms with E-state index in [2.05, 4.69) is 18.2 Å². The maximum atomic E-state index is 13.9. The molecule has 0 heterocycles. The fraction of sp³-hybridized carbons (Fsp3) is 0.111. The molecule has 1 atom stereocenters. The molecule has 0 saturated carbocycles. The molecule has 0 aliphatic rings. The maximum Gasteiger partial charge on any atom is 0.129 e. The summed E-state index contributed by atoms with van der Waals surface area (Å²) in [5.41, 5.74) is 1.59. The molecule has 3 aromatic rings. The van der Waals surface area contributed by atoms with E-state index in [4.69, 9.17) is 23.2 Å². The van der Waals surface area contributed by atoms with Crippen molar-refractivity contribution in [2.75, 3.05) is 0 Å². The summed E-state index contributed by atoms with van der Waals surface area (Å²) in [4.78, 5) is 0. The standard InChI is InChI=1S/C18H13Cl2F/c19-14-8-9-16(18(21)11-14)17(20)10-13-6-3-5-12-4-1-2-7-15(12)13/h1-9,11,17H,10H2. The van der Waals surface area contributed by atoms with Gasteiger partial charge in [-0.2, -0.15) is 0 Å². The highest BCUT2D eigenvalue weighted by Gasteiger charge is 2.15. The zero-order valence-electron chi connectivity index (χ0n) is 11.2. The molecule has 0 radical (unpaired) electrons. The van der Waals surface area contributed by atoms with Gasteiger partial charge in [0, 0.05) is 10.6 Å². The fourth-order valence-electron chi connectivity index (χ4n) is 2.53. The van der Waals surface area contributed by atoms with Crippen LogP contribution in [0, 0.1) is 5.82 Å². The minimum Gasteiger partial charge on any atom is -0.207 e. The Hall–Kier alpha value is -1.57. The summed E-state index contributed by atoms with van der Waals surface area (Å²) in [7, 11) is 0. The van der Waals surface area contributed by atoms with Gasteiger partial charge in [0.25, 0.3) is 0 Å². The third-order valence-corrected chi connectivity index (χ3v) is 4.20. The van der Waals surface area contributed by atoms with Crippen LogP contribution in [0.1, 0.15) is 16.5 Å². The van der Waals surface area contributed by atoms with E-state index in [1.54, 1.807) is 12.1 Å². The van der Waals surface area contributed by atoms with E-state index in [0.717, 1.165) is 16.3 Å². The predicted octanol–water partition coefficient (Wildman–Crippen LogP) is 6.15. The van der Waals surface area contributed by atoms with Crippen molar-refractivity contribution in [3.05, 3.63) is 82.6 Å². The summed E-state index contributed by atoms with van der Waals surface area (Å²) in [5, 5.41) is 2.27. The lowest BCUT2D eigenvalue weighted by atomic mass is 9.98. The molecular formula is C18H13Cl2F. The van der Waals surface area contributed by atoms with Gasteiger partial charge >= 0.3 is 0 Å². The lowest BCUT2D eigenvalue weighted by molar-refractivity contribution is 0.606. The Morgan fingerprint density at radius 2 is 1.71 bits per heavy atom. The molecule has 0 fully saturated rings. The SMILES string of the molecule is Fc1cc(Cl)ccc1C(Cl)Cc1cccc2ccccc12. The van der Waals surface area contributed by atoms with Crippen molar-refractivity contribution < 1.29 is 4.39 Å². The lowest BCUT2D eigenvalue weighted by Gasteiger charge is -2.13. The van der Waals surface area contributed by atoms with Crippen molar-refractivity contribution in [1.29, 1.82) is 0 Å². The normalized spacial score (nSPS) is 12.5. The highest BCUT2D eigenvalue weighted by atomic mass is 35.5. The summed E-state index contributed by atoms with van der Waals surface area (Å²) in [6, 6.07) is 18.8. The molecule has 1 unspecified atom stereocenters. The van der Waals surface area contributed by atoms with Crippen molar-refractivity contribution in [1.82, 2.24) is 0 Å². The largest absolute Gasteiger partial charge is 0.207 e. The van der Waals surface area contributed by atoms with Crippen LogP contribution < -0.4 is 0 Å². The van der Waals surface area contributed by atoms with E-state index >= 15 is 0 Å². The topological polar surface area (TPSA) is 0 Å². The molecule has 3 rings (SSSR count). The summed E-state index contributed by atoms with van der Waals surface area (Å²) in [5.74, 6) is -0.359. The van der Waals surface area contributed by atoms with Gasteiger partial charge in [0.1, 0.15) is 5.82 Å². The van der Waals surface area contributed by atoms with Crippen LogP contribution in [0.2, 0.25) is 5.02 Å². The van der Waals surface area contributed by atoms with Crippen LogP contribution in [-0.2, 0) is 6.42 Å². The first kappa shape index (κ1) is 14.4. The molecule has 3 aromatic carbocycles. The average molecular weight is 319 g/mol. The van der Waals surface area contributed by atoms with Gasteiger partial charge in [0.15, 0.2) is 0 Å². The van der Waals surface area contributed by atoms with Crippen LogP contribution in [-0.4, -0.2) is 0 Å². The van der Waals surface area contributed by atoms with Crippen LogP contribution >= 0.6 is 23.2 Å². The molecule has 0 aliphatic heterocycles. The summed E-state index contributed by atoms with van der Waals surface area (Å²) in [6.45, 7) is 0. The number of hydrogen-bond acceptors (Lipinski definition) is 0. The van der Waals surface area contributed by atoms with Gasteiger partial charge in [-0.15, -0.1) is 11.6 Å². The second-order valence-corrected chi connectivity index (χ2v) is 5.94.